The number of rotatable bonds is 2. The molecule has 1 heterocycles. The number of likely N-dealkylation sites (N-methyl/N-ethyl adjacent to an activating group) is 1. The Bertz CT molecular complexity index is 203. The summed E-state index contributed by atoms with van der Waals surface area (Å²) in [5.41, 5.74) is 0. The first-order chi connectivity index (χ1) is 5.91. The van der Waals surface area contributed by atoms with Gasteiger partial charge in [0, 0.05) is 20.1 Å². The van der Waals surface area contributed by atoms with Crippen LogP contribution in [0, 0.1) is 0 Å². The summed E-state index contributed by atoms with van der Waals surface area (Å²) in [5, 5.41) is 3.76. The predicted octanol–water partition coefficient (Wildman–Crippen LogP) is -0.0895. The number of halogens is 3. The van der Waals surface area contributed by atoms with E-state index in [9.17, 15) is 18.0 Å². The van der Waals surface area contributed by atoms with Gasteiger partial charge >= 0.3 is 12.1 Å². The average molecular weight is 198 g/mol. The summed E-state index contributed by atoms with van der Waals surface area (Å²) in [4.78, 5) is 14.4. The van der Waals surface area contributed by atoms with Crippen LogP contribution in [0.15, 0.2) is 0 Å². The number of hydrogen-bond acceptors (Lipinski definition) is 4. The predicted molar refractivity (Wildman–Crippen MR) is 36.6 cm³/mol. The van der Waals surface area contributed by atoms with Crippen molar-refractivity contribution in [2.24, 2.45) is 0 Å². The first-order valence-electron chi connectivity index (χ1n) is 3.64. The molecule has 0 bridgehead atoms. The van der Waals surface area contributed by atoms with E-state index in [-0.39, 0.29) is 6.04 Å². The summed E-state index contributed by atoms with van der Waals surface area (Å²) in [6.07, 6.45) is -4.93. The quantitative estimate of drug-likeness (QED) is 0.629. The summed E-state index contributed by atoms with van der Waals surface area (Å²) < 4.78 is 35.0. The number of carbonyl (C=O) groups excluding carboxylic acids is 1. The van der Waals surface area contributed by atoms with Gasteiger partial charge in [0.05, 0.1) is 6.04 Å². The van der Waals surface area contributed by atoms with E-state index in [0.29, 0.717) is 13.1 Å². The second-order valence-corrected chi connectivity index (χ2v) is 2.73. The summed E-state index contributed by atoms with van der Waals surface area (Å²) in [7, 11) is 1.30. The highest BCUT2D eigenvalue weighted by atomic mass is 19.4. The molecular weight excluding hydrogens is 189 g/mol. The van der Waals surface area contributed by atoms with Crippen molar-refractivity contribution in [3.63, 3.8) is 0 Å². The van der Waals surface area contributed by atoms with Gasteiger partial charge in [-0.3, -0.25) is 0 Å². The molecule has 7 heteroatoms. The first-order valence-corrected chi connectivity index (χ1v) is 3.64. The molecule has 0 unspecified atom stereocenters. The third kappa shape index (κ3) is 2.56. The maximum Gasteiger partial charge on any atom is 0.492 e. The zero-order valence-corrected chi connectivity index (χ0v) is 6.89. The van der Waals surface area contributed by atoms with E-state index in [1.807, 2.05) is 0 Å². The molecule has 0 aromatic heterocycles. The molecule has 1 saturated heterocycles. The average Bonchev–Trinajstić information content (AvgIpc) is 1.79. The SMILES string of the molecule is CN(OC(=O)C(F)(F)F)C1CNC1. The van der Waals surface area contributed by atoms with Crippen molar-refractivity contribution in [2.45, 2.75) is 12.2 Å². The molecule has 76 valence electrons. The topological polar surface area (TPSA) is 41.6 Å². The van der Waals surface area contributed by atoms with E-state index in [0.717, 1.165) is 5.06 Å². The number of carbonyl (C=O) groups is 1. The summed E-state index contributed by atoms with van der Waals surface area (Å²) in [6, 6.07) is -0.161. The Morgan fingerprint density at radius 3 is 2.38 bits per heavy atom. The van der Waals surface area contributed by atoms with E-state index in [4.69, 9.17) is 0 Å². The van der Waals surface area contributed by atoms with Crippen LogP contribution in [0.25, 0.3) is 0 Å². The van der Waals surface area contributed by atoms with Crippen LogP contribution >= 0.6 is 0 Å². The van der Waals surface area contributed by atoms with Crippen LogP contribution < -0.4 is 5.32 Å². The number of nitrogens with zero attached hydrogens (tertiary/aromatic N) is 1. The van der Waals surface area contributed by atoms with Crippen molar-refractivity contribution in [3.05, 3.63) is 0 Å². The fourth-order valence-corrected chi connectivity index (χ4v) is 0.788. The van der Waals surface area contributed by atoms with Crippen molar-refractivity contribution >= 4 is 5.97 Å². The van der Waals surface area contributed by atoms with E-state index in [1.54, 1.807) is 0 Å². The summed E-state index contributed by atoms with van der Waals surface area (Å²) >= 11 is 0. The lowest BCUT2D eigenvalue weighted by Crippen LogP contribution is -2.56. The smallest absolute Gasteiger partial charge is 0.361 e. The van der Waals surface area contributed by atoms with Crippen LogP contribution in [0.1, 0.15) is 0 Å². The Kier molecular flexibility index (Phi) is 2.77. The molecular formula is C6H9F3N2O2. The van der Waals surface area contributed by atoms with E-state index in [2.05, 4.69) is 10.2 Å². The van der Waals surface area contributed by atoms with Gasteiger partial charge in [0.25, 0.3) is 0 Å². The van der Waals surface area contributed by atoms with Gasteiger partial charge in [-0.05, 0) is 0 Å². The molecule has 0 amide bonds. The van der Waals surface area contributed by atoms with Crippen LogP contribution in [-0.2, 0) is 9.63 Å². The maximum absolute atomic E-state index is 11.7. The zero-order chi connectivity index (χ0) is 10.1. The molecule has 1 rings (SSSR count). The number of hydrogen-bond donors (Lipinski definition) is 1. The van der Waals surface area contributed by atoms with Crippen LogP contribution in [-0.4, -0.2) is 43.4 Å². The Hall–Kier alpha value is -0.820. The fraction of sp³-hybridized carbons (Fsp3) is 0.833. The second-order valence-electron chi connectivity index (χ2n) is 2.73. The molecule has 1 N–H and O–H groups in total. The molecule has 4 nitrogen and oxygen atoms in total. The van der Waals surface area contributed by atoms with Crippen molar-refractivity contribution < 1.29 is 22.8 Å². The van der Waals surface area contributed by atoms with Gasteiger partial charge in [-0.2, -0.15) is 13.2 Å². The Balaban J connectivity index is 2.35. The third-order valence-corrected chi connectivity index (χ3v) is 1.73. The lowest BCUT2D eigenvalue weighted by atomic mass is 10.2. The molecule has 0 aromatic rings. The van der Waals surface area contributed by atoms with Crippen LogP contribution in [0.3, 0.4) is 0 Å². The van der Waals surface area contributed by atoms with Gasteiger partial charge in [0.15, 0.2) is 0 Å². The van der Waals surface area contributed by atoms with E-state index in [1.165, 1.54) is 7.05 Å². The Labute approximate surface area is 72.6 Å². The molecule has 0 radical (unpaired) electrons. The fourth-order valence-electron chi connectivity index (χ4n) is 0.788. The van der Waals surface area contributed by atoms with Crippen molar-refractivity contribution in [1.82, 2.24) is 10.4 Å². The minimum atomic E-state index is -4.93. The molecule has 0 saturated carbocycles. The Morgan fingerprint density at radius 1 is 1.54 bits per heavy atom. The van der Waals surface area contributed by atoms with Gasteiger partial charge in [0.1, 0.15) is 0 Å². The monoisotopic (exact) mass is 198 g/mol. The standard InChI is InChI=1S/C6H9F3N2O2/c1-11(4-2-10-3-4)13-5(12)6(7,8)9/h4,10H,2-3H2,1H3. The van der Waals surface area contributed by atoms with Crippen molar-refractivity contribution in [2.75, 3.05) is 20.1 Å². The van der Waals surface area contributed by atoms with Gasteiger partial charge in [-0.1, -0.05) is 0 Å². The van der Waals surface area contributed by atoms with Crippen molar-refractivity contribution in [3.8, 4) is 0 Å². The number of alkyl halides is 3. The van der Waals surface area contributed by atoms with Gasteiger partial charge < -0.3 is 10.2 Å². The molecule has 0 spiro atoms. The minimum Gasteiger partial charge on any atom is -0.361 e. The van der Waals surface area contributed by atoms with E-state index < -0.39 is 12.1 Å². The normalized spacial score (nSPS) is 18.5. The molecule has 1 fully saturated rings. The van der Waals surface area contributed by atoms with Gasteiger partial charge in [-0.15, -0.1) is 5.06 Å². The molecule has 1 aliphatic heterocycles. The van der Waals surface area contributed by atoms with E-state index >= 15 is 0 Å². The molecule has 13 heavy (non-hydrogen) atoms. The maximum atomic E-state index is 11.7. The second kappa shape index (κ2) is 3.51. The van der Waals surface area contributed by atoms with Crippen LogP contribution in [0.4, 0.5) is 13.2 Å². The summed E-state index contributed by atoms with van der Waals surface area (Å²) in [5.74, 6) is -2.18. The minimum absolute atomic E-state index is 0.161. The molecule has 0 aliphatic carbocycles. The van der Waals surface area contributed by atoms with Gasteiger partial charge in [0.2, 0.25) is 0 Å². The van der Waals surface area contributed by atoms with Crippen LogP contribution in [0.5, 0.6) is 0 Å². The van der Waals surface area contributed by atoms with Gasteiger partial charge in [-0.25, -0.2) is 4.79 Å². The molecule has 0 atom stereocenters. The molecule has 1 aliphatic rings. The van der Waals surface area contributed by atoms with Crippen molar-refractivity contribution in [1.29, 1.82) is 0 Å². The highest BCUT2D eigenvalue weighted by molar-refractivity contribution is 5.75. The number of hydroxylamine groups is 2. The zero-order valence-electron chi connectivity index (χ0n) is 6.89. The highest BCUT2D eigenvalue weighted by Crippen LogP contribution is 2.17. The lowest BCUT2D eigenvalue weighted by molar-refractivity contribution is -0.243. The Morgan fingerprint density at radius 2 is 2.08 bits per heavy atom. The molecule has 0 aromatic carbocycles. The lowest BCUT2D eigenvalue weighted by Gasteiger charge is -2.33. The summed E-state index contributed by atoms with van der Waals surface area (Å²) in [6.45, 7) is 1.06. The largest absolute Gasteiger partial charge is 0.492 e. The van der Waals surface area contributed by atoms with Crippen LogP contribution in [0.2, 0.25) is 0 Å². The number of nitrogens with one attached hydrogen (secondary N) is 1. The first kappa shape index (κ1) is 10.3. The third-order valence-electron chi connectivity index (χ3n) is 1.73. The highest BCUT2D eigenvalue weighted by Gasteiger charge is 2.43.